The van der Waals surface area contributed by atoms with Gasteiger partial charge in [-0.05, 0) is 5.41 Å². The molecule has 8 heteroatoms. The summed E-state index contributed by atoms with van der Waals surface area (Å²) in [7, 11) is 0. The number of aromatic nitrogens is 3. The zero-order valence-electron chi connectivity index (χ0n) is 9.45. The van der Waals surface area contributed by atoms with Gasteiger partial charge in [0, 0.05) is 6.42 Å². The second kappa shape index (κ2) is 5.50. The van der Waals surface area contributed by atoms with Crippen LogP contribution >= 0.6 is 11.6 Å². The van der Waals surface area contributed by atoms with E-state index in [1.165, 1.54) is 0 Å². The van der Waals surface area contributed by atoms with Crippen molar-refractivity contribution in [1.82, 2.24) is 15.2 Å². The molecule has 0 aromatic carbocycles. The second-order valence-corrected chi connectivity index (χ2v) is 4.67. The SMILES string of the molecule is CC(C)(COC(F)F)Cc1nnc(Cl)c(N)n1. The molecule has 2 N–H and O–H groups in total. The third kappa shape index (κ3) is 4.74. The molecule has 0 fully saturated rings. The van der Waals surface area contributed by atoms with Gasteiger partial charge in [-0.1, -0.05) is 25.4 Å². The van der Waals surface area contributed by atoms with E-state index in [9.17, 15) is 8.78 Å². The topological polar surface area (TPSA) is 73.9 Å². The maximum atomic E-state index is 11.9. The first kappa shape index (κ1) is 14.0. The van der Waals surface area contributed by atoms with E-state index in [-0.39, 0.29) is 17.6 Å². The Labute approximate surface area is 102 Å². The molecule has 17 heavy (non-hydrogen) atoms. The smallest absolute Gasteiger partial charge is 0.345 e. The van der Waals surface area contributed by atoms with E-state index in [4.69, 9.17) is 17.3 Å². The van der Waals surface area contributed by atoms with Crippen LogP contribution in [0.5, 0.6) is 0 Å². The maximum absolute atomic E-state index is 11.9. The van der Waals surface area contributed by atoms with Crippen LogP contribution in [0.2, 0.25) is 5.15 Å². The van der Waals surface area contributed by atoms with Gasteiger partial charge in [-0.15, -0.1) is 10.2 Å². The number of hydrogen-bond acceptors (Lipinski definition) is 5. The summed E-state index contributed by atoms with van der Waals surface area (Å²) >= 11 is 5.57. The van der Waals surface area contributed by atoms with Crippen molar-refractivity contribution in [1.29, 1.82) is 0 Å². The van der Waals surface area contributed by atoms with Crippen molar-refractivity contribution < 1.29 is 13.5 Å². The fraction of sp³-hybridized carbons (Fsp3) is 0.667. The number of halogens is 3. The van der Waals surface area contributed by atoms with Gasteiger partial charge in [-0.2, -0.15) is 8.78 Å². The van der Waals surface area contributed by atoms with Crippen LogP contribution in [0.15, 0.2) is 0 Å². The quantitative estimate of drug-likeness (QED) is 0.881. The van der Waals surface area contributed by atoms with Gasteiger partial charge in [-0.3, -0.25) is 0 Å². The Morgan fingerprint density at radius 1 is 1.41 bits per heavy atom. The van der Waals surface area contributed by atoms with Crippen molar-refractivity contribution in [3.8, 4) is 0 Å². The first-order valence-corrected chi connectivity index (χ1v) is 5.22. The lowest BCUT2D eigenvalue weighted by Crippen LogP contribution is -2.25. The van der Waals surface area contributed by atoms with Gasteiger partial charge >= 0.3 is 6.61 Å². The van der Waals surface area contributed by atoms with Crippen LogP contribution in [0, 0.1) is 5.41 Å². The summed E-state index contributed by atoms with van der Waals surface area (Å²) in [6.07, 6.45) is 0.314. The van der Waals surface area contributed by atoms with Crippen molar-refractivity contribution in [2.24, 2.45) is 5.41 Å². The summed E-state index contributed by atoms with van der Waals surface area (Å²) in [5, 5.41) is 7.36. The molecular formula is C9H13ClF2N4O. The number of nitrogens with zero attached hydrogens (tertiary/aromatic N) is 3. The minimum atomic E-state index is -2.79. The summed E-state index contributed by atoms with van der Waals surface area (Å²) in [6.45, 7) is 0.604. The molecule has 0 spiro atoms. The Hall–Kier alpha value is -1.08. The lowest BCUT2D eigenvalue weighted by Gasteiger charge is -2.22. The van der Waals surface area contributed by atoms with Crippen LogP contribution in [0.3, 0.4) is 0 Å². The highest BCUT2D eigenvalue weighted by atomic mass is 35.5. The lowest BCUT2D eigenvalue weighted by molar-refractivity contribution is -0.148. The first-order valence-electron chi connectivity index (χ1n) is 4.84. The molecule has 0 unspecified atom stereocenters. The molecule has 1 heterocycles. The molecule has 5 nitrogen and oxygen atoms in total. The van der Waals surface area contributed by atoms with Crippen molar-refractivity contribution >= 4 is 17.4 Å². The normalized spacial score (nSPS) is 12.1. The summed E-state index contributed by atoms with van der Waals surface area (Å²) in [4.78, 5) is 3.91. The number of rotatable bonds is 5. The molecule has 0 amide bonds. The van der Waals surface area contributed by atoms with Crippen molar-refractivity contribution in [2.75, 3.05) is 12.3 Å². The highest BCUT2D eigenvalue weighted by Gasteiger charge is 2.23. The molecule has 0 atom stereocenters. The summed E-state index contributed by atoms with van der Waals surface area (Å²) in [5.41, 5.74) is 4.92. The monoisotopic (exact) mass is 266 g/mol. The van der Waals surface area contributed by atoms with Crippen molar-refractivity contribution in [3.63, 3.8) is 0 Å². The van der Waals surface area contributed by atoms with E-state index in [0.29, 0.717) is 12.2 Å². The van der Waals surface area contributed by atoms with Gasteiger partial charge in [0.2, 0.25) is 0 Å². The third-order valence-electron chi connectivity index (χ3n) is 1.95. The zero-order valence-corrected chi connectivity index (χ0v) is 10.2. The second-order valence-electron chi connectivity index (χ2n) is 4.32. The maximum Gasteiger partial charge on any atom is 0.345 e. The van der Waals surface area contributed by atoms with E-state index in [0.717, 1.165) is 0 Å². The minimum absolute atomic E-state index is 0.0235. The van der Waals surface area contributed by atoms with Gasteiger partial charge in [0.15, 0.2) is 16.8 Å². The Balaban J connectivity index is 2.65. The largest absolute Gasteiger partial charge is 0.381 e. The molecule has 1 aromatic heterocycles. The Bertz CT molecular complexity index is 389. The molecule has 0 bridgehead atoms. The van der Waals surface area contributed by atoms with Crippen LogP contribution < -0.4 is 5.73 Å². The van der Waals surface area contributed by atoms with E-state index >= 15 is 0 Å². The molecular weight excluding hydrogens is 254 g/mol. The number of ether oxygens (including phenoxy) is 1. The van der Waals surface area contributed by atoms with Crippen molar-refractivity contribution in [2.45, 2.75) is 26.9 Å². The van der Waals surface area contributed by atoms with E-state index in [1.54, 1.807) is 13.8 Å². The number of nitrogen functional groups attached to an aromatic ring is 1. The van der Waals surface area contributed by atoms with Crippen LogP contribution in [-0.4, -0.2) is 28.4 Å². The van der Waals surface area contributed by atoms with Gasteiger partial charge in [0.25, 0.3) is 0 Å². The number of hydrogen-bond donors (Lipinski definition) is 1. The summed E-state index contributed by atoms with van der Waals surface area (Å²) in [6, 6.07) is 0. The van der Waals surface area contributed by atoms with Crippen LogP contribution in [0.25, 0.3) is 0 Å². The van der Waals surface area contributed by atoms with Gasteiger partial charge in [0.05, 0.1) is 6.61 Å². The number of anilines is 1. The highest BCUT2D eigenvalue weighted by molar-refractivity contribution is 6.31. The molecule has 1 rings (SSSR count). The predicted octanol–water partition coefficient (Wildman–Crippen LogP) is 1.92. The fourth-order valence-electron chi connectivity index (χ4n) is 1.20. The zero-order chi connectivity index (χ0) is 13.1. The molecule has 0 radical (unpaired) electrons. The molecule has 0 aliphatic rings. The molecule has 0 aliphatic carbocycles. The highest BCUT2D eigenvalue weighted by Crippen LogP contribution is 2.22. The van der Waals surface area contributed by atoms with Gasteiger partial charge in [0.1, 0.15) is 0 Å². The van der Waals surface area contributed by atoms with Crippen molar-refractivity contribution in [3.05, 3.63) is 11.0 Å². The average Bonchev–Trinajstić information content (AvgIpc) is 2.21. The Kier molecular flexibility index (Phi) is 4.53. The van der Waals surface area contributed by atoms with E-state index in [2.05, 4.69) is 19.9 Å². The molecule has 96 valence electrons. The number of nitrogens with two attached hydrogens (primary N) is 1. The van der Waals surface area contributed by atoms with Crippen LogP contribution in [0.4, 0.5) is 14.6 Å². The predicted molar refractivity (Wildman–Crippen MR) is 58.7 cm³/mol. The fourth-order valence-corrected chi connectivity index (χ4v) is 1.28. The Morgan fingerprint density at radius 3 is 2.59 bits per heavy atom. The van der Waals surface area contributed by atoms with Crippen LogP contribution in [0.1, 0.15) is 19.7 Å². The van der Waals surface area contributed by atoms with Crippen LogP contribution in [-0.2, 0) is 11.2 Å². The van der Waals surface area contributed by atoms with E-state index in [1.807, 2.05) is 0 Å². The summed E-state index contributed by atoms with van der Waals surface area (Å²) in [5.74, 6) is 0.414. The standard InChI is InChI=1S/C9H13ClF2N4O/c1-9(2,4-17-8(11)12)3-5-14-7(13)6(10)16-15-5/h8H,3-4H2,1-2H3,(H2,13,14,15). The minimum Gasteiger partial charge on any atom is -0.381 e. The number of alkyl halides is 2. The van der Waals surface area contributed by atoms with Gasteiger partial charge < -0.3 is 10.5 Å². The molecule has 0 saturated carbocycles. The van der Waals surface area contributed by atoms with Gasteiger partial charge in [-0.25, -0.2) is 4.98 Å². The Morgan fingerprint density at radius 2 is 2.06 bits per heavy atom. The summed E-state index contributed by atoms with van der Waals surface area (Å²) < 4.78 is 28.1. The molecule has 1 aromatic rings. The molecule has 0 aliphatic heterocycles. The third-order valence-corrected chi connectivity index (χ3v) is 2.22. The van der Waals surface area contributed by atoms with E-state index < -0.39 is 12.0 Å². The molecule has 0 saturated heterocycles. The average molecular weight is 267 g/mol. The first-order chi connectivity index (χ1) is 7.80. The lowest BCUT2D eigenvalue weighted by atomic mass is 9.90.